The molecule has 9 heteroatoms. The monoisotopic (exact) mass is 375 g/mol. The molecule has 1 aromatic carbocycles. The van der Waals surface area contributed by atoms with Gasteiger partial charge < -0.3 is 19.2 Å². The summed E-state index contributed by atoms with van der Waals surface area (Å²) in [5.41, 5.74) is 0.305. The minimum Gasteiger partial charge on any atom is -0.383 e. The predicted molar refractivity (Wildman–Crippen MR) is 97.3 cm³/mol. The number of pyridine rings is 1. The molecule has 0 saturated heterocycles. The fourth-order valence-electron chi connectivity index (χ4n) is 2.62. The van der Waals surface area contributed by atoms with Crippen LogP contribution in [0.2, 0.25) is 5.02 Å². The second-order valence-corrected chi connectivity index (χ2v) is 6.25. The van der Waals surface area contributed by atoms with Gasteiger partial charge in [0.05, 0.1) is 18.7 Å². The maximum atomic E-state index is 12.7. The second-order valence-electron chi connectivity index (χ2n) is 5.82. The Labute approximate surface area is 154 Å². The zero-order valence-electron chi connectivity index (χ0n) is 14.4. The zero-order valence-corrected chi connectivity index (χ0v) is 15.2. The lowest BCUT2D eigenvalue weighted by Gasteiger charge is -2.17. The third-order valence-electron chi connectivity index (χ3n) is 4.03. The van der Waals surface area contributed by atoms with Gasteiger partial charge in [-0.25, -0.2) is 0 Å². The molecule has 0 spiro atoms. The van der Waals surface area contributed by atoms with Crippen LogP contribution in [0.4, 0.5) is 0 Å². The number of amides is 1. The predicted octanol–water partition coefficient (Wildman–Crippen LogP) is 1.69. The first kappa shape index (κ1) is 18.1. The number of aromatic amines is 1. The number of rotatable bonds is 6. The fourth-order valence-corrected chi connectivity index (χ4v) is 2.79. The number of methoxy groups -OCH3 is 1. The first-order valence-corrected chi connectivity index (χ1v) is 8.31. The zero-order chi connectivity index (χ0) is 18.7. The molecule has 3 aromatic rings. The quantitative estimate of drug-likeness (QED) is 0.707. The van der Waals surface area contributed by atoms with E-state index in [0.717, 1.165) is 0 Å². The van der Waals surface area contributed by atoms with E-state index in [-0.39, 0.29) is 17.5 Å². The summed E-state index contributed by atoms with van der Waals surface area (Å²) in [6.45, 7) is 1.31. The van der Waals surface area contributed by atoms with Gasteiger partial charge in [-0.05, 0) is 18.2 Å². The summed E-state index contributed by atoms with van der Waals surface area (Å²) < 4.78 is 6.85. The van der Waals surface area contributed by atoms with E-state index in [9.17, 15) is 9.59 Å². The molecule has 0 unspecified atom stereocenters. The maximum Gasteiger partial charge on any atom is 0.259 e. The molecule has 136 valence electrons. The van der Waals surface area contributed by atoms with Crippen molar-refractivity contribution in [3.05, 3.63) is 57.4 Å². The summed E-state index contributed by atoms with van der Waals surface area (Å²) in [5, 5.41) is 8.82. The lowest BCUT2D eigenvalue weighted by Crippen LogP contribution is -2.31. The Bertz CT molecular complexity index is 997. The minimum absolute atomic E-state index is 0.0604. The Balaban J connectivity index is 1.84. The van der Waals surface area contributed by atoms with Crippen molar-refractivity contribution in [3.63, 3.8) is 0 Å². The Morgan fingerprint density at radius 2 is 2.23 bits per heavy atom. The molecule has 0 atom stereocenters. The average Bonchev–Trinajstić information content (AvgIpc) is 3.06. The Hall–Kier alpha value is -2.71. The SMILES string of the molecule is COCCn1cnnc1CN(C)C(=O)c1c[nH]c2cc(Cl)ccc2c1=O. The highest BCUT2D eigenvalue weighted by atomic mass is 35.5. The highest BCUT2D eigenvalue weighted by Crippen LogP contribution is 2.15. The first-order valence-electron chi connectivity index (χ1n) is 7.93. The molecule has 3 rings (SSSR count). The van der Waals surface area contributed by atoms with Gasteiger partial charge in [0.1, 0.15) is 11.9 Å². The van der Waals surface area contributed by atoms with Gasteiger partial charge in [0.25, 0.3) is 5.91 Å². The smallest absolute Gasteiger partial charge is 0.259 e. The number of hydrogen-bond donors (Lipinski definition) is 1. The highest BCUT2D eigenvalue weighted by Gasteiger charge is 2.19. The lowest BCUT2D eigenvalue weighted by molar-refractivity contribution is 0.0777. The van der Waals surface area contributed by atoms with Crippen LogP contribution in [0, 0.1) is 0 Å². The number of halogens is 1. The molecule has 1 amide bonds. The van der Waals surface area contributed by atoms with E-state index in [1.165, 1.54) is 11.1 Å². The highest BCUT2D eigenvalue weighted by molar-refractivity contribution is 6.31. The molecule has 2 heterocycles. The number of carbonyl (C=O) groups is 1. The van der Waals surface area contributed by atoms with Crippen molar-refractivity contribution < 1.29 is 9.53 Å². The molecule has 0 aliphatic rings. The Morgan fingerprint density at radius 1 is 1.42 bits per heavy atom. The summed E-state index contributed by atoms with van der Waals surface area (Å²) >= 11 is 5.93. The number of benzene rings is 1. The summed E-state index contributed by atoms with van der Waals surface area (Å²) in [6, 6.07) is 4.87. The van der Waals surface area contributed by atoms with Crippen molar-refractivity contribution in [2.45, 2.75) is 13.1 Å². The van der Waals surface area contributed by atoms with Crippen LogP contribution in [0.5, 0.6) is 0 Å². The van der Waals surface area contributed by atoms with Crippen molar-refractivity contribution in [1.82, 2.24) is 24.6 Å². The van der Waals surface area contributed by atoms with E-state index in [1.54, 1.807) is 43.3 Å². The van der Waals surface area contributed by atoms with Crippen LogP contribution < -0.4 is 5.43 Å². The molecule has 0 aliphatic heterocycles. The second kappa shape index (κ2) is 7.67. The standard InChI is InChI=1S/C17H18ClN5O3/c1-22(9-15-21-20-10-23(15)5-6-26-2)17(25)13-8-19-14-7-11(18)3-4-12(14)16(13)24/h3-4,7-8,10H,5-6,9H2,1-2H3,(H,19,24). The number of aromatic nitrogens is 4. The third-order valence-corrected chi connectivity index (χ3v) is 4.27. The number of hydrogen-bond acceptors (Lipinski definition) is 5. The van der Waals surface area contributed by atoms with Crippen LogP contribution in [-0.4, -0.2) is 51.3 Å². The summed E-state index contributed by atoms with van der Waals surface area (Å²) in [6.07, 6.45) is 2.99. The molecule has 2 aromatic heterocycles. The lowest BCUT2D eigenvalue weighted by atomic mass is 10.1. The molecule has 0 aliphatic carbocycles. The first-order chi connectivity index (χ1) is 12.5. The molecule has 1 N–H and O–H groups in total. The van der Waals surface area contributed by atoms with E-state index >= 15 is 0 Å². The number of fused-ring (bicyclic) bond motifs is 1. The van der Waals surface area contributed by atoms with Gasteiger partial charge in [0, 0.05) is 37.3 Å². The third kappa shape index (κ3) is 3.61. The van der Waals surface area contributed by atoms with Crippen LogP contribution in [0.3, 0.4) is 0 Å². The molecule has 0 radical (unpaired) electrons. The molecular formula is C17H18ClN5O3. The molecular weight excluding hydrogens is 358 g/mol. The van der Waals surface area contributed by atoms with Gasteiger partial charge in [-0.1, -0.05) is 11.6 Å². The van der Waals surface area contributed by atoms with Crippen LogP contribution >= 0.6 is 11.6 Å². The number of H-pyrrole nitrogens is 1. The molecule has 8 nitrogen and oxygen atoms in total. The van der Waals surface area contributed by atoms with E-state index in [0.29, 0.717) is 34.9 Å². The van der Waals surface area contributed by atoms with Crippen molar-refractivity contribution in [2.75, 3.05) is 20.8 Å². The number of ether oxygens (including phenoxy) is 1. The van der Waals surface area contributed by atoms with Gasteiger partial charge in [0.15, 0.2) is 5.82 Å². The van der Waals surface area contributed by atoms with Crippen LogP contribution in [-0.2, 0) is 17.8 Å². The van der Waals surface area contributed by atoms with E-state index in [2.05, 4.69) is 15.2 Å². The van der Waals surface area contributed by atoms with Gasteiger partial charge in [-0.3, -0.25) is 9.59 Å². The van der Waals surface area contributed by atoms with Gasteiger partial charge in [-0.15, -0.1) is 10.2 Å². The normalized spacial score (nSPS) is 11.0. The van der Waals surface area contributed by atoms with Crippen molar-refractivity contribution in [3.8, 4) is 0 Å². The van der Waals surface area contributed by atoms with Crippen molar-refractivity contribution >= 4 is 28.4 Å². The average molecular weight is 376 g/mol. The summed E-state index contributed by atoms with van der Waals surface area (Å²) in [7, 11) is 3.22. The van der Waals surface area contributed by atoms with Gasteiger partial charge in [0.2, 0.25) is 5.43 Å². The molecule has 0 bridgehead atoms. The Morgan fingerprint density at radius 3 is 3.00 bits per heavy atom. The molecule has 0 saturated carbocycles. The van der Waals surface area contributed by atoms with E-state index in [1.807, 2.05) is 0 Å². The van der Waals surface area contributed by atoms with E-state index in [4.69, 9.17) is 16.3 Å². The van der Waals surface area contributed by atoms with Crippen molar-refractivity contribution in [1.29, 1.82) is 0 Å². The molecule has 0 fully saturated rings. The van der Waals surface area contributed by atoms with Gasteiger partial charge in [-0.2, -0.15) is 0 Å². The van der Waals surface area contributed by atoms with Crippen LogP contribution in [0.1, 0.15) is 16.2 Å². The maximum absolute atomic E-state index is 12.7. The van der Waals surface area contributed by atoms with Crippen LogP contribution in [0.15, 0.2) is 35.5 Å². The number of nitrogens with one attached hydrogen (secondary N) is 1. The van der Waals surface area contributed by atoms with E-state index < -0.39 is 5.91 Å². The minimum atomic E-state index is -0.399. The van der Waals surface area contributed by atoms with Crippen molar-refractivity contribution in [2.24, 2.45) is 0 Å². The Kier molecular flexibility index (Phi) is 5.34. The number of nitrogens with zero attached hydrogens (tertiary/aromatic N) is 4. The topological polar surface area (TPSA) is 93.1 Å². The van der Waals surface area contributed by atoms with Crippen LogP contribution in [0.25, 0.3) is 10.9 Å². The fraction of sp³-hybridized carbons (Fsp3) is 0.294. The number of carbonyl (C=O) groups excluding carboxylic acids is 1. The van der Waals surface area contributed by atoms with Gasteiger partial charge >= 0.3 is 0 Å². The summed E-state index contributed by atoms with van der Waals surface area (Å²) in [5.74, 6) is 0.214. The largest absolute Gasteiger partial charge is 0.383 e. The summed E-state index contributed by atoms with van der Waals surface area (Å²) in [4.78, 5) is 29.7. The molecule has 26 heavy (non-hydrogen) atoms.